The Balaban J connectivity index is 1.38. The maximum absolute atomic E-state index is 12.9. The molecule has 0 spiro atoms. The van der Waals surface area contributed by atoms with Crippen LogP contribution >= 0.6 is 0 Å². The minimum Gasteiger partial charge on any atom is -0.341 e. The number of sulfonamides is 1. The molecule has 1 aliphatic heterocycles. The van der Waals surface area contributed by atoms with Gasteiger partial charge in [0.15, 0.2) is 0 Å². The van der Waals surface area contributed by atoms with Crippen molar-refractivity contribution < 1.29 is 13.2 Å². The summed E-state index contributed by atoms with van der Waals surface area (Å²) < 4.78 is 27.3. The van der Waals surface area contributed by atoms with Crippen LogP contribution in [0.1, 0.15) is 12.7 Å². The molecule has 0 saturated carbocycles. The van der Waals surface area contributed by atoms with Crippen molar-refractivity contribution in [3.63, 3.8) is 0 Å². The van der Waals surface area contributed by atoms with Gasteiger partial charge in [0.25, 0.3) is 0 Å². The number of H-pyrrole nitrogens is 1. The van der Waals surface area contributed by atoms with Crippen molar-refractivity contribution in [2.75, 3.05) is 31.5 Å². The number of nitrogens with one attached hydrogen (secondary N) is 2. The second kappa shape index (κ2) is 7.94. The fourth-order valence-corrected chi connectivity index (χ4v) is 4.91. The molecule has 0 bridgehead atoms. The molecule has 0 aliphatic carbocycles. The largest absolute Gasteiger partial charge is 0.341 e. The number of benzene rings is 2. The molecule has 2 N–H and O–H groups in total. The van der Waals surface area contributed by atoms with Gasteiger partial charge >= 0.3 is 0 Å². The van der Waals surface area contributed by atoms with Crippen molar-refractivity contribution in [2.24, 2.45) is 0 Å². The topological polar surface area (TPSA) is 98.4 Å². The first-order valence-corrected chi connectivity index (χ1v) is 10.9. The van der Waals surface area contributed by atoms with Crippen LogP contribution in [0.3, 0.4) is 0 Å². The van der Waals surface area contributed by atoms with Crippen LogP contribution in [0.4, 0.5) is 5.69 Å². The highest BCUT2D eigenvalue weighted by atomic mass is 32.2. The zero-order valence-corrected chi connectivity index (χ0v) is 16.9. The number of hydrogen-bond acceptors (Lipinski definition) is 5. The van der Waals surface area contributed by atoms with E-state index < -0.39 is 10.0 Å². The summed E-state index contributed by atoms with van der Waals surface area (Å²) in [5, 5.41) is 2.64. The Hall–Kier alpha value is -2.75. The molecule has 1 aromatic heterocycles. The number of piperazine rings is 1. The normalized spacial score (nSPS) is 16.2. The number of carbonyl (C=O) groups excluding carboxylic acids is 1. The summed E-state index contributed by atoms with van der Waals surface area (Å²) in [7, 11) is -3.55. The van der Waals surface area contributed by atoms with E-state index in [-0.39, 0.29) is 10.8 Å². The van der Waals surface area contributed by atoms with Crippen LogP contribution in [0, 0.1) is 0 Å². The van der Waals surface area contributed by atoms with Gasteiger partial charge in [0.2, 0.25) is 15.9 Å². The molecule has 1 aliphatic rings. The van der Waals surface area contributed by atoms with Crippen molar-refractivity contribution in [2.45, 2.75) is 18.4 Å². The Morgan fingerprint density at radius 1 is 1.07 bits per heavy atom. The zero-order valence-electron chi connectivity index (χ0n) is 16.1. The molecular weight excluding hydrogens is 390 g/mol. The van der Waals surface area contributed by atoms with Crippen LogP contribution in [-0.4, -0.2) is 59.7 Å². The fraction of sp³-hybridized carbons (Fsp3) is 0.300. The lowest BCUT2D eigenvalue weighted by atomic mass is 10.3. The van der Waals surface area contributed by atoms with Crippen molar-refractivity contribution in [3.05, 3.63) is 54.4 Å². The van der Waals surface area contributed by atoms with Crippen LogP contribution in [0.5, 0.6) is 0 Å². The van der Waals surface area contributed by atoms with E-state index in [2.05, 4.69) is 20.2 Å². The number of fused-ring (bicyclic) bond motifs is 1. The third kappa shape index (κ3) is 4.31. The molecule has 1 saturated heterocycles. The predicted octanol–water partition coefficient (Wildman–Crippen LogP) is 2.03. The van der Waals surface area contributed by atoms with Gasteiger partial charge in [0, 0.05) is 38.8 Å². The van der Waals surface area contributed by atoms with Gasteiger partial charge in [-0.3, -0.25) is 9.69 Å². The van der Waals surface area contributed by atoms with Gasteiger partial charge in [-0.15, -0.1) is 0 Å². The number of hydrogen-bond donors (Lipinski definition) is 2. The number of aromatic nitrogens is 2. The lowest BCUT2D eigenvalue weighted by molar-refractivity contribution is -0.114. The predicted molar refractivity (Wildman–Crippen MR) is 111 cm³/mol. The number of imidazole rings is 1. The highest BCUT2D eigenvalue weighted by Crippen LogP contribution is 2.20. The number of rotatable bonds is 5. The summed E-state index contributed by atoms with van der Waals surface area (Å²) in [4.78, 5) is 21.4. The van der Waals surface area contributed by atoms with E-state index in [0.29, 0.717) is 38.4 Å². The quantitative estimate of drug-likeness (QED) is 0.667. The number of carbonyl (C=O) groups is 1. The van der Waals surface area contributed by atoms with Crippen LogP contribution in [-0.2, 0) is 21.4 Å². The molecule has 1 amide bonds. The van der Waals surface area contributed by atoms with Crippen molar-refractivity contribution >= 4 is 32.7 Å². The Labute approximate surface area is 169 Å². The first kappa shape index (κ1) is 19.6. The maximum Gasteiger partial charge on any atom is 0.243 e. The van der Waals surface area contributed by atoms with E-state index in [1.807, 2.05) is 24.3 Å². The Bertz CT molecular complexity index is 1080. The number of aromatic amines is 1. The monoisotopic (exact) mass is 413 g/mol. The minimum absolute atomic E-state index is 0.193. The highest BCUT2D eigenvalue weighted by Gasteiger charge is 2.28. The summed E-state index contributed by atoms with van der Waals surface area (Å²) in [6.45, 7) is 4.20. The van der Waals surface area contributed by atoms with E-state index in [1.54, 1.807) is 12.1 Å². The van der Waals surface area contributed by atoms with Gasteiger partial charge in [-0.2, -0.15) is 4.31 Å². The summed E-state index contributed by atoms with van der Waals surface area (Å²) in [6.07, 6.45) is 0. The second-order valence-electron chi connectivity index (χ2n) is 7.09. The van der Waals surface area contributed by atoms with Gasteiger partial charge in [-0.25, -0.2) is 13.4 Å². The van der Waals surface area contributed by atoms with Crippen LogP contribution in [0.25, 0.3) is 11.0 Å². The fourth-order valence-electron chi connectivity index (χ4n) is 3.48. The molecule has 2 heterocycles. The number of anilines is 1. The van der Waals surface area contributed by atoms with Crippen LogP contribution in [0.2, 0.25) is 0 Å². The molecule has 0 unspecified atom stereocenters. The highest BCUT2D eigenvalue weighted by molar-refractivity contribution is 7.89. The van der Waals surface area contributed by atoms with E-state index in [1.165, 1.54) is 23.4 Å². The van der Waals surface area contributed by atoms with E-state index >= 15 is 0 Å². The third-order valence-electron chi connectivity index (χ3n) is 4.96. The Morgan fingerprint density at radius 2 is 1.76 bits per heavy atom. The molecule has 9 heteroatoms. The van der Waals surface area contributed by atoms with E-state index in [9.17, 15) is 13.2 Å². The van der Waals surface area contributed by atoms with Gasteiger partial charge < -0.3 is 10.3 Å². The smallest absolute Gasteiger partial charge is 0.243 e. The number of amides is 1. The summed E-state index contributed by atoms with van der Waals surface area (Å²) in [6, 6.07) is 14.2. The standard InChI is InChI=1S/C20H23N5O3S/c1-15(26)21-16-6-8-17(9-7-16)29(27,28)25-12-10-24(11-13-25)14-20-22-18-4-2-3-5-19(18)23-20/h2-9H,10-14H2,1H3,(H,21,26)(H,22,23). The van der Waals surface area contributed by atoms with Gasteiger partial charge in [0.05, 0.1) is 22.5 Å². The minimum atomic E-state index is -3.55. The molecule has 29 heavy (non-hydrogen) atoms. The van der Waals surface area contributed by atoms with E-state index in [0.717, 1.165) is 16.9 Å². The van der Waals surface area contributed by atoms with Crippen molar-refractivity contribution in [3.8, 4) is 0 Å². The molecular formula is C20H23N5O3S. The molecule has 4 rings (SSSR count). The van der Waals surface area contributed by atoms with Gasteiger partial charge in [-0.05, 0) is 36.4 Å². The summed E-state index contributed by atoms with van der Waals surface area (Å²) in [5.41, 5.74) is 2.52. The second-order valence-corrected chi connectivity index (χ2v) is 9.02. The Kier molecular flexibility index (Phi) is 5.35. The first-order chi connectivity index (χ1) is 13.9. The number of nitrogens with zero attached hydrogens (tertiary/aromatic N) is 3. The molecule has 0 radical (unpaired) electrons. The van der Waals surface area contributed by atoms with E-state index in [4.69, 9.17) is 0 Å². The lowest BCUT2D eigenvalue weighted by Gasteiger charge is -2.33. The third-order valence-corrected chi connectivity index (χ3v) is 6.87. The van der Waals surface area contributed by atoms with Crippen LogP contribution < -0.4 is 5.32 Å². The SMILES string of the molecule is CC(=O)Nc1ccc(S(=O)(=O)N2CCN(Cc3nc4ccccc4[nH]3)CC2)cc1. The van der Waals surface area contributed by atoms with Gasteiger partial charge in [-0.1, -0.05) is 12.1 Å². The van der Waals surface area contributed by atoms with Gasteiger partial charge in [0.1, 0.15) is 5.82 Å². The Morgan fingerprint density at radius 3 is 2.41 bits per heavy atom. The molecule has 152 valence electrons. The van der Waals surface area contributed by atoms with Crippen molar-refractivity contribution in [1.82, 2.24) is 19.2 Å². The first-order valence-electron chi connectivity index (χ1n) is 9.45. The van der Waals surface area contributed by atoms with Crippen molar-refractivity contribution in [1.29, 1.82) is 0 Å². The summed E-state index contributed by atoms with van der Waals surface area (Å²) >= 11 is 0. The zero-order chi connectivity index (χ0) is 20.4. The lowest BCUT2D eigenvalue weighted by Crippen LogP contribution is -2.48. The molecule has 3 aromatic rings. The van der Waals surface area contributed by atoms with Crippen LogP contribution in [0.15, 0.2) is 53.4 Å². The molecule has 0 atom stereocenters. The average Bonchev–Trinajstić information content (AvgIpc) is 3.10. The maximum atomic E-state index is 12.9. The molecule has 2 aromatic carbocycles. The molecule has 1 fully saturated rings. The molecule has 8 nitrogen and oxygen atoms in total. The summed E-state index contributed by atoms with van der Waals surface area (Å²) in [5.74, 6) is 0.692. The number of para-hydroxylation sites is 2. The average molecular weight is 414 g/mol.